The third kappa shape index (κ3) is 7.57. The van der Waals surface area contributed by atoms with E-state index in [0.717, 1.165) is 32.0 Å². The molecule has 0 aliphatic carbocycles. The molecule has 3 rings (SSSR count). The molecule has 0 amide bonds. The van der Waals surface area contributed by atoms with Crippen molar-refractivity contribution in [1.29, 1.82) is 0 Å². The molecule has 1 saturated heterocycles. The third-order valence-electron chi connectivity index (χ3n) is 5.60. The second kappa shape index (κ2) is 11.9. The normalized spacial score (nSPS) is 17.8. The Morgan fingerprint density at radius 3 is 2.66 bits per heavy atom. The first-order chi connectivity index (χ1) is 13.6. The van der Waals surface area contributed by atoms with Crippen LogP contribution in [-0.2, 0) is 11.8 Å². The number of halogens is 1. The number of benzene rings is 1. The molecular weight excluding hydrogens is 491 g/mol. The van der Waals surface area contributed by atoms with Crippen LogP contribution in [0.2, 0.25) is 0 Å². The van der Waals surface area contributed by atoms with E-state index in [4.69, 9.17) is 0 Å². The van der Waals surface area contributed by atoms with Gasteiger partial charge in [0.1, 0.15) is 0 Å². The Labute approximate surface area is 197 Å². The van der Waals surface area contributed by atoms with Gasteiger partial charge in [-0.3, -0.25) is 4.99 Å². The first-order valence-electron chi connectivity index (χ1n) is 10.3. The van der Waals surface area contributed by atoms with E-state index in [0.29, 0.717) is 5.92 Å². The smallest absolute Gasteiger partial charge is 0.191 e. The van der Waals surface area contributed by atoms with E-state index in [2.05, 4.69) is 82.2 Å². The van der Waals surface area contributed by atoms with Gasteiger partial charge in [-0.25, -0.2) is 0 Å². The highest BCUT2D eigenvalue weighted by Gasteiger charge is 2.24. The number of guanidine groups is 1. The van der Waals surface area contributed by atoms with Gasteiger partial charge >= 0.3 is 0 Å². The maximum atomic E-state index is 4.41. The topological polar surface area (TPSA) is 39.7 Å². The molecule has 2 aromatic rings. The molecule has 0 spiro atoms. The van der Waals surface area contributed by atoms with Crippen molar-refractivity contribution in [2.75, 3.05) is 39.8 Å². The Bertz CT molecular complexity index is 731. The summed E-state index contributed by atoms with van der Waals surface area (Å²) in [6.07, 6.45) is 2.40. The summed E-state index contributed by atoms with van der Waals surface area (Å²) in [7, 11) is 1.86. The van der Waals surface area contributed by atoms with Gasteiger partial charge in [0.25, 0.3) is 0 Å². The van der Waals surface area contributed by atoms with Gasteiger partial charge in [-0.2, -0.15) is 0 Å². The fourth-order valence-corrected chi connectivity index (χ4v) is 4.58. The van der Waals surface area contributed by atoms with Crippen molar-refractivity contribution < 1.29 is 0 Å². The van der Waals surface area contributed by atoms with E-state index in [1.165, 1.54) is 30.0 Å². The molecule has 2 heterocycles. The molecule has 4 nitrogen and oxygen atoms in total. The van der Waals surface area contributed by atoms with Crippen molar-refractivity contribution >= 4 is 41.3 Å². The number of hydrogen-bond donors (Lipinski definition) is 2. The standard InChI is InChI=1S/C23H34N4S.HI/c1-23(2,21-10-7-15-28-21)18-26-22(24-3)25-16-20-12-14-27(17-20)13-11-19-8-5-4-6-9-19;/h4-10,15,20H,11-14,16-18H2,1-3H3,(H2,24,25,26);1H. The lowest BCUT2D eigenvalue weighted by Gasteiger charge is -2.25. The molecule has 1 atom stereocenters. The number of nitrogens with one attached hydrogen (secondary N) is 2. The maximum absolute atomic E-state index is 4.41. The number of aliphatic imine (C=N–C) groups is 1. The summed E-state index contributed by atoms with van der Waals surface area (Å²) in [5.74, 6) is 1.60. The first-order valence-corrected chi connectivity index (χ1v) is 11.2. The van der Waals surface area contributed by atoms with Crippen LogP contribution in [0.1, 0.15) is 30.7 Å². The molecule has 29 heavy (non-hydrogen) atoms. The van der Waals surface area contributed by atoms with Gasteiger partial charge in [0.2, 0.25) is 0 Å². The SMILES string of the molecule is CN=C(NCC1CCN(CCc2ccccc2)C1)NCC(C)(C)c1cccs1.I. The largest absolute Gasteiger partial charge is 0.356 e. The minimum atomic E-state index is 0. The number of hydrogen-bond acceptors (Lipinski definition) is 3. The van der Waals surface area contributed by atoms with E-state index in [9.17, 15) is 0 Å². The Balaban J connectivity index is 0.00000300. The van der Waals surface area contributed by atoms with Crippen LogP contribution in [-0.4, -0.2) is 50.6 Å². The minimum absolute atomic E-state index is 0. The molecule has 0 saturated carbocycles. The van der Waals surface area contributed by atoms with Crippen molar-refractivity contribution in [3.8, 4) is 0 Å². The molecule has 2 N–H and O–H groups in total. The Morgan fingerprint density at radius 2 is 1.97 bits per heavy atom. The summed E-state index contributed by atoms with van der Waals surface area (Å²) < 4.78 is 0. The van der Waals surface area contributed by atoms with Gasteiger partial charge in [-0.15, -0.1) is 35.3 Å². The second-order valence-corrected chi connectivity index (χ2v) is 9.31. The molecule has 1 unspecified atom stereocenters. The van der Waals surface area contributed by atoms with Crippen LogP contribution in [0.25, 0.3) is 0 Å². The van der Waals surface area contributed by atoms with Crippen molar-refractivity contribution in [3.05, 3.63) is 58.3 Å². The van der Waals surface area contributed by atoms with Crippen molar-refractivity contribution in [2.24, 2.45) is 10.9 Å². The van der Waals surface area contributed by atoms with Crippen LogP contribution in [0.15, 0.2) is 52.8 Å². The van der Waals surface area contributed by atoms with E-state index in [-0.39, 0.29) is 29.4 Å². The van der Waals surface area contributed by atoms with Crippen LogP contribution >= 0.6 is 35.3 Å². The zero-order valence-corrected chi connectivity index (χ0v) is 21.0. The van der Waals surface area contributed by atoms with Gasteiger partial charge in [0.05, 0.1) is 0 Å². The van der Waals surface area contributed by atoms with Crippen LogP contribution in [0.3, 0.4) is 0 Å². The monoisotopic (exact) mass is 526 g/mol. The third-order valence-corrected chi connectivity index (χ3v) is 6.83. The summed E-state index contributed by atoms with van der Waals surface area (Å²) in [6, 6.07) is 15.1. The average molecular weight is 527 g/mol. The van der Waals surface area contributed by atoms with Crippen molar-refractivity contribution in [3.63, 3.8) is 0 Å². The Morgan fingerprint density at radius 1 is 1.17 bits per heavy atom. The zero-order valence-electron chi connectivity index (χ0n) is 17.9. The number of likely N-dealkylation sites (tertiary alicyclic amines) is 1. The molecule has 1 aromatic carbocycles. The van der Waals surface area contributed by atoms with E-state index in [1.807, 2.05) is 18.4 Å². The van der Waals surface area contributed by atoms with E-state index < -0.39 is 0 Å². The summed E-state index contributed by atoms with van der Waals surface area (Å²) in [5, 5.41) is 9.20. The molecule has 1 aliphatic heterocycles. The second-order valence-electron chi connectivity index (χ2n) is 8.36. The van der Waals surface area contributed by atoms with Gasteiger partial charge in [-0.1, -0.05) is 50.2 Å². The quantitative estimate of drug-likeness (QED) is 0.305. The molecule has 1 fully saturated rings. The average Bonchev–Trinajstić information content (AvgIpc) is 3.40. The molecule has 1 aliphatic rings. The first kappa shape index (κ1) is 24.2. The predicted octanol–water partition coefficient (Wildman–Crippen LogP) is 4.37. The summed E-state index contributed by atoms with van der Waals surface area (Å²) in [5.41, 5.74) is 1.54. The van der Waals surface area contributed by atoms with Crippen LogP contribution < -0.4 is 10.6 Å². The Hall–Kier alpha value is -1.12. The van der Waals surface area contributed by atoms with Crippen LogP contribution in [0, 0.1) is 5.92 Å². The minimum Gasteiger partial charge on any atom is -0.356 e. The maximum Gasteiger partial charge on any atom is 0.191 e. The lowest BCUT2D eigenvalue weighted by Crippen LogP contribution is -2.44. The summed E-state index contributed by atoms with van der Waals surface area (Å²) in [6.45, 7) is 9.96. The van der Waals surface area contributed by atoms with E-state index in [1.54, 1.807) is 0 Å². The van der Waals surface area contributed by atoms with Gasteiger partial charge < -0.3 is 15.5 Å². The number of thiophene rings is 1. The van der Waals surface area contributed by atoms with Crippen molar-refractivity contribution in [1.82, 2.24) is 15.5 Å². The highest BCUT2D eigenvalue weighted by molar-refractivity contribution is 14.0. The molecule has 1 aromatic heterocycles. The fourth-order valence-electron chi connectivity index (χ4n) is 3.73. The Kier molecular flexibility index (Phi) is 9.92. The molecule has 160 valence electrons. The number of nitrogens with zero attached hydrogens (tertiary/aromatic N) is 2. The van der Waals surface area contributed by atoms with Gasteiger partial charge in [0.15, 0.2) is 5.96 Å². The molecule has 0 bridgehead atoms. The lowest BCUT2D eigenvalue weighted by molar-refractivity contribution is 0.328. The van der Waals surface area contributed by atoms with Crippen LogP contribution in [0.5, 0.6) is 0 Å². The summed E-state index contributed by atoms with van der Waals surface area (Å²) >= 11 is 1.82. The van der Waals surface area contributed by atoms with Gasteiger partial charge in [0, 0.05) is 43.5 Å². The van der Waals surface area contributed by atoms with E-state index >= 15 is 0 Å². The molecule has 0 radical (unpaired) electrons. The van der Waals surface area contributed by atoms with Crippen LogP contribution in [0.4, 0.5) is 0 Å². The van der Waals surface area contributed by atoms with Gasteiger partial charge in [-0.05, 0) is 42.3 Å². The highest BCUT2D eigenvalue weighted by atomic mass is 127. The van der Waals surface area contributed by atoms with Crippen molar-refractivity contribution in [2.45, 2.75) is 32.1 Å². The zero-order chi connectivity index (χ0) is 19.8. The molecule has 6 heteroatoms. The predicted molar refractivity (Wildman–Crippen MR) is 137 cm³/mol. The highest BCUT2D eigenvalue weighted by Crippen LogP contribution is 2.26. The number of rotatable bonds is 8. The molecular formula is C23H35IN4S. The lowest BCUT2D eigenvalue weighted by atomic mass is 9.91. The summed E-state index contributed by atoms with van der Waals surface area (Å²) in [4.78, 5) is 8.41. The fraction of sp³-hybridized carbons (Fsp3) is 0.522.